The third kappa shape index (κ3) is 4.75. The molecule has 0 spiro atoms. The molecule has 1 saturated heterocycles. The van der Waals surface area contributed by atoms with Gasteiger partial charge in [-0.3, -0.25) is 9.11 Å². The van der Waals surface area contributed by atoms with Gasteiger partial charge in [0, 0.05) is 53.0 Å². The van der Waals surface area contributed by atoms with Gasteiger partial charge in [-0.05, 0) is 26.8 Å². The van der Waals surface area contributed by atoms with E-state index in [9.17, 15) is 4.21 Å². The molecular weight excluding hydrogens is 260 g/mol. The molecule has 1 aromatic heterocycles. The molecule has 0 bridgehead atoms. The molecule has 5 heteroatoms. The molecule has 1 N–H and O–H groups in total. The molecule has 1 aliphatic heterocycles. The molecule has 0 atom stereocenters. The molecule has 108 valence electrons. The first-order chi connectivity index (χ1) is 8.94. The summed E-state index contributed by atoms with van der Waals surface area (Å²) in [5.74, 6) is 2.61. The molecule has 2 heterocycles. The Bertz CT molecular complexity index is 427. The molecule has 0 radical (unpaired) electrons. The van der Waals surface area contributed by atoms with Gasteiger partial charge in [-0.15, -0.1) is 0 Å². The predicted octanol–water partition coefficient (Wildman–Crippen LogP) is 1.73. The van der Waals surface area contributed by atoms with Crippen molar-refractivity contribution in [3.8, 4) is 0 Å². The van der Waals surface area contributed by atoms with Crippen molar-refractivity contribution in [1.82, 2.24) is 10.2 Å². The van der Waals surface area contributed by atoms with Crippen molar-refractivity contribution in [2.45, 2.75) is 39.4 Å². The lowest BCUT2D eigenvalue weighted by molar-refractivity contribution is 0.287. The first-order valence-electron chi connectivity index (χ1n) is 6.82. The molecular formula is C14H24N2O2S. The van der Waals surface area contributed by atoms with Gasteiger partial charge in [-0.1, -0.05) is 0 Å². The average molecular weight is 284 g/mol. The molecule has 0 aromatic carbocycles. The number of rotatable bonds is 4. The van der Waals surface area contributed by atoms with Gasteiger partial charge in [0.15, 0.2) is 0 Å². The third-order valence-corrected chi connectivity index (χ3v) is 4.56. The summed E-state index contributed by atoms with van der Waals surface area (Å²) in [6.45, 7) is 9.94. The van der Waals surface area contributed by atoms with E-state index in [2.05, 4.69) is 31.0 Å². The lowest BCUT2D eigenvalue weighted by Crippen LogP contribution is -2.38. The van der Waals surface area contributed by atoms with Gasteiger partial charge < -0.3 is 9.73 Å². The monoisotopic (exact) mass is 284 g/mol. The zero-order valence-corrected chi connectivity index (χ0v) is 12.9. The Balaban J connectivity index is 1.90. The molecule has 0 aliphatic carbocycles. The minimum Gasteiger partial charge on any atom is -0.468 e. The SMILES string of the molecule is CC(C)(C)NCc1occc1CN1CCS(=O)CC1. The van der Waals surface area contributed by atoms with Crippen LogP contribution in [0.4, 0.5) is 0 Å². The Morgan fingerprint density at radius 1 is 1.37 bits per heavy atom. The van der Waals surface area contributed by atoms with Crippen LogP contribution in [0.3, 0.4) is 0 Å². The van der Waals surface area contributed by atoms with E-state index in [0.717, 1.165) is 43.4 Å². The summed E-state index contributed by atoms with van der Waals surface area (Å²) >= 11 is 0. The Labute approximate surface area is 118 Å². The summed E-state index contributed by atoms with van der Waals surface area (Å²) in [5, 5.41) is 3.45. The fraction of sp³-hybridized carbons (Fsp3) is 0.714. The fourth-order valence-corrected chi connectivity index (χ4v) is 3.21. The number of nitrogens with one attached hydrogen (secondary N) is 1. The van der Waals surface area contributed by atoms with Crippen LogP contribution in [0, 0.1) is 0 Å². The summed E-state index contributed by atoms with van der Waals surface area (Å²) in [4.78, 5) is 2.35. The zero-order chi connectivity index (χ0) is 13.9. The molecule has 0 saturated carbocycles. The van der Waals surface area contributed by atoms with E-state index < -0.39 is 10.8 Å². The highest BCUT2D eigenvalue weighted by atomic mass is 32.2. The van der Waals surface area contributed by atoms with Gasteiger partial charge in [0.2, 0.25) is 0 Å². The van der Waals surface area contributed by atoms with Crippen molar-refractivity contribution in [1.29, 1.82) is 0 Å². The van der Waals surface area contributed by atoms with Crippen molar-refractivity contribution in [3.05, 3.63) is 23.7 Å². The van der Waals surface area contributed by atoms with Gasteiger partial charge >= 0.3 is 0 Å². The standard InChI is InChI=1S/C14H24N2O2S/c1-14(2,3)15-10-13-12(4-7-18-13)11-16-5-8-19(17)9-6-16/h4,7,15H,5-6,8-11H2,1-3H3. The van der Waals surface area contributed by atoms with Crippen molar-refractivity contribution in [3.63, 3.8) is 0 Å². The van der Waals surface area contributed by atoms with Crippen LogP contribution in [0.1, 0.15) is 32.1 Å². The maximum atomic E-state index is 11.3. The average Bonchev–Trinajstić information content (AvgIpc) is 2.76. The van der Waals surface area contributed by atoms with Crippen LogP contribution in [-0.2, 0) is 23.9 Å². The molecule has 1 aromatic rings. The zero-order valence-electron chi connectivity index (χ0n) is 12.1. The van der Waals surface area contributed by atoms with Crippen LogP contribution in [0.25, 0.3) is 0 Å². The molecule has 0 unspecified atom stereocenters. The molecule has 1 fully saturated rings. The largest absolute Gasteiger partial charge is 0.468 e. The molecule has 0 amide bonds. The Kier molecular flexibility index (Phi) is 4.81. The van der Waals surface area contributed by atoms with Gasteiger partial charge in [-0.2, -0.15) is 0 Å². The quantitative estimate of drug-likeness (QED) is 0.914. The van der Waals surface area contributed by atoms with Crippen LogP contribution in [0.2, 0.25) is 0 Å². The van der Waals surface area contributed by atoms with Gasteiger partial charge in [0.05, 0.1) is 12.8 Å². The highest BCUT2D eigenvalue weighted by Gasteiger charge is 2.18. The summed E-state index contributed by atoms with van der Waals surface area (Å²) in [6.07, 6.45) is 1.76. The number of hydrogen-bond donors (Lipinski definition) is 1. The van der Waals surface area contributed by atoms with Crippen molar-refractivity contribution < 1.29 is 8.63 Å². The van der Waals surface area contributed by atoms with E-state index >= 15 is 0 Å². The van der Waals surface area contributed by atoms with Crippen LogP contribution in [0.15, 0.2) is 16.7 Å². The summed E-state index contributed by atoms with van der Waals surface area (Å²) in [6, 6.07) is 2.05. The lowest BCUT2D eigenvalue weighted by atomic mass is 10.1. The third-order valence-electron chi connectivity index (χ3n) is 3.28. The topological polar surface area (TPSA) is 45.5 Å². The lowest BCUT2D eigenvalue weighted by Gasteiger charge is -2.26. The van der Waals surface area contributed by atoms with E-state index in [0.29, 0.717) is 0 Å². The Morgan fingerprint density at radius 2 is 2.05 bits per heavy atom. The van der Waals surface area contributed by atoms with Crippen molar-refractivity contribution >= 4 is 10.8 Å². The minimum absolute atomic E-state index is 0.0894. The van der Waals surface area contributed by atoms with Crippen LogP contribution in [0.5, 0.6) is 0 Å². The van der Waals surface area contributed by atoms with E-state index in [1.807, 2.05) is 6.07 Å². The highest BCUT2D eigenvalue weighted by molar-refractivity contribution is 7.85. The predicted molar refractivity (Wildman–Crippen MR) is 78.5 cm³/mol. The first-order valence-corrected chi connectivity index (χ1v) is 8.30. The van der Waals surface area contributed by atoms with E-state index in [1.54, 1.807) is 6.26 Å². The first kappa shape index (κ1) is 14.8. The normalized spacial score (nSPS) is 18.9. The molecule has 19 heavy (non-hydrogen) atoms. The maximum absolute atomic E-state index is 11.3. The Morgan fingerprint density at radius 3 is 2.68 bits per heavy atom. The van der Waals surface area contributed by atoms with Crippen LogP contribution >= 0.6 is 0 Å². The highest BCUT2D eigenvalue weighted by Crippen LogP contribution is 2.15. The Hall–Kier alpha value is -0.650. The maximum Gasteiger partial charge on any atom is 0.122 e. The van der Waals surface area contributed by atoms with Gasteiger partial charge in [0.25, 0.3) is 0 Å². The van der Waals surface area contributed by atoms with Crippen LogP contribution in [-0.4, -0.2) is 39.2 Å². The summed E-state index contributed by atoms with van der Waals surface area (Å²) in [7, 11) is -0.607. The molecule has 1 aliphatic rings. The van der Waals surface area contributed by atoms with E-state index in [4.69, 9.17) is 4.42 Å². The fourth-order valence-electron chi connectivity index (χ4n) is 2.08. The summed E-state index contributed by atoms with van der Waals surface area (Å²) < 4.78 is 16.9. The summed E-state index contributed by atoms with van der Waals surface area (Å²) in [5.41, 5.74) is 1.33. The minimum atomic E-state index is -0.607. The smallest absolute Gasteiger partial charge is 0.122 e. The van der Waals surface area contributed by atoms with Gasteiger partial charge in [-0.25, -0.2) is 0 Å². The second-order valence-corrected chi connectivity index (χ2v) is 7.79. The second kappa shape index (κ2) is 6.20. The number of nitrogens with zero attached hydrogens (tertiary/aromatic N) is 1. The van der Waals surface area contributed by atoms with Crippen LogP contribution < -0.4 is 5.32 Å². The van der Waals surface area contributed by atoms with Crippen molar-refractivity contribution in [2.24, 2.45) is 0 Å². The second-order valence-electron chi connectivity index (χ2n) is 6.10. The molecule has 2 rings (SSSR count). The van der Waals surface area contributed by atoms with E-state index in [-0.39, 0.29) is 5.54 Å². The number of hydrogen-bond acceptors (Lipinski definition) is 4. The van der Waals surface area contributed by atoms with E-state index in [1.165, 1.54) is 5.56 Å². The van der Waals surface area contributed by atoms with Crippen molar-refractivity contribution in [2.75, 3.05) is 24.6 Å². The molecule has 4 nitrogen and oxygen atoms in total. The number of furan rings is 1. The van der Waals surface area contributed by atoms with Gasteiger partial charge in [0.1, 0.15) is 5.76 Å².